The topological polar surface area (TPSA) is 89.4 Å². The number of nitrogens with zero attached hydrogens (tertiary/aromatic N) is 4. The van der Waals surface area contributed by atoms with E-state index in [1.54, 1.807) is 11.6 Å². The Bertz CT molecular complexity index is 1210. The highest BCUT2D eigenvalue weighted by Crippen LogP contribution is 2.37. The highest BCUT2D eigenvalue weighted by atomic mass is 16.5. The third-order valence-electron chi connectivity index (χ3n) is 6.01. The number of ether oxygens (including phenoxy) is 2. The van der Waals surface area contributed by atoms with Crippen LogP contribution in [0.2, 0.25) is 0 Å². The molecule has 0 aliphatic carbocycles. The van der Waals surface area contributed by atoms with Gasteiger partial charge in [0.05, 0.1) is 30.4 Å². The van der Waals surface area contributed by atoms with Crippen molar-refractivity contribution in [3.8, 4) is 22.9 Å². The maximum absolute atomic E-state index is 6.09. The number of nitrogens with one attached hydrogen (secondary N) is 2. The minimum Gasteiger partial charge on any atom is -0.493 e. The molecule has 1 aliphatic rings. The summed E-state index contributed by atoms with van der Waals surface area (Å²) in [4.78, 5) is 12.7. The van der Waals surface area contributed by atoms with E-state index in [2.05, 4.69) is 40.3 Å². The molecule has 0 bridgehead atoms. The van der Waals surface area contributed by atoms with Crippen LogP contribution in [0.15, 0.2) is 30.7 Å². The second-order valence-corrected chi connectivity index (χ2v) is 8.44. The Balaban J connectivity index is 1.53. The zero-order chi connectivity index (χ0) is 21.4. The molecule has 5 heterocycles. The SMILES string of the molecule is COc1cc(-c2[nH]c3ccc(OCC4CCNCC4)nc3c2C(C)C)cn2ncnc12. The molecule has 1 aliphatic heterocycles. The number of aromatic amines is 1. The van der Waals surface area contributed by atoms with Crippen LogP contribution in [0.4, 0.5) is 0 Å². The summed E-state index contributed by atoms with van der Waals surface area (Å²) >= 11 is 0. The van der Waals surface area contributed by atoms with Crippen LogP contribution in [-0.2, 0) is 0 Å². The lowest BCUT2D eigenvalue weighted by Crippen LogP contribution is -2.30. The molecule has 0 spiro atoms. The lowest BCUT2D eigenvalue weighted by Gasteiger charge is -2.22. The Hall–Kier alpha value is -3.13. The molecule has 0 aromatic carbocycles. The van der Waals surface area contributed by atoms with Crippen LogP contribution in [-0.4, -0.2) is 51.4 Å². The molecule has 1 fully saturated rings. The van der Waals surface area contributed by atoms with E-state index in [1.807, 2.05) is 18.3 Å². The number of H-pyrrole nitrogens is 1. The molecular formula is C23H28N6O2. The predicted molar refractivity (Wildman–Crippen MR) is 120 cm³/mol. The molecule has 1 saturated heterocycles. The Kier molecular flexibility index (Phi) is 5.23. The van der Waals surface area contributed by atoms with Crippen LogP contribution < -0.4 is 14.8 Å². The van der Waals surface area contributed by atoms with Gasteiger partial charge >= 0.3 is 0 Å². The van der Waals surface area contributed by atoms with Crippen molar-refractivity contribution in [2.24, 2.45) is 5.92 Å². The number of methoxy groups -OCH3 is 1. The zero-order valence-corrected chi connectivity index (χ0v) is 18.2. The molecule has 162 valence electrons. The molecule has 8 heteroatoms. The third-order valence-corrected chi connectivity index (χ3v) is 6.01. The van der Waals surface area contributed by atoms with Gasteiger partial charge in [0, 0.05) is 23.4 Å². The predicted octanol–water partition coefficient (Wildman–Crippen LogP) is 3.78. The van der Waals surface area contributed by atoms with Gasteiger partial charge < -0.3 is 19.8 Å². The summed E-state index contributed by atoms with van der Waals surface area (Å²) in [5.41, 5.74) is 5.79. The molecule has 0 amide bonds. The van der Waals surface area contributed by atoms with E-state index in [1.165, 1.54) is 6.33 Å². The van der Waals surface area contributed by atoms with E-state index in [-0.39, 0.29) is 5.92 Å². The minimum atomic E-state index is 0.272. The van der Waals surface area contributed by atoms with E-state index in [4.69, 9.17) is 14.5 Å². The number of pyridine rings is 2. The van der Waals surface area contributed by atoms with Gasteiger partial charge in [0.2, 0.25) is 5.88 Å². The fourth-order valence-corrected chi connectivity index (χ4v) is 4.37. The van der Waals surface area contributed by atoms with Gasteiger partial charge in [-0.3, -0.25) is 0 Å². The standard InChI is InChI=1S/C23H28N6O2/c1-14(2)20-21(16-10-18(30-3)23-25-13-26-29(23)11-16)27-17-4-5-19(28-22(17)20)31-12-15-6-8-24-9-7-15/h4-5,10-11,13-15,24,27H,6-9,12H2,1-3H3. The largest absolute Gasteiger partial charge is 0.493 e. The molecule has 0 unspecified atom stereocenters. The Labute approximate surface area is 181 Å². The smallest absolute Gasteiger partial charge is 0.213 e. The molecule has 2 N–H and O–H groups in total. The van der Waals surface area contributed by atoms with Crippen LogP contribution in [0.25, 0.3) is 27.9 Å². The van der Waals surface area contributed by atoms with Crippen LogP contribution >= 0.6 is 0 Å². The van der Waals surface area contributed by atoms with Crippen molar-refractivity contribution in [1.82, 2.24) is 29.9 Å². The van der Waals surface area contributed by atoms with Crippen molar-refractivity contribution < 1.29 is 9.47 Å². The molecule has 0 atom stereocenters. The molecule has 5 rings (SSSR count). The quantitative estimate of drug-likeness (QED) is 0.493. The van der Waals surface area contributed by atoms with Gasteiger partial charge in [-0.05, 0) is 49.9 Å². The van der Waals surface area contributed by atoms with Gasteiger partial charge in [0.25, 0.3) is 0 Å². The van der Waals surface area contributed by atoms with Gasteiger partial charge in [-0.2, -0.15) is 5.10 Å². The van der Waals surface area contributed by atoms with Crippen molar-refractivity contribution >= 4 is 16.7 Å². The highest BCUT2D eigenvalue weighted by Gasteiger charge is 2.20. The van der Waals surface area contributed by atoms with E-state index < -0.39 is 0 Å². The van der Waals surface area contributed by atoms with Crippen molar-refractivity contribution in [2.75, 3.05) is 26.8 Å². The van der Waals surface area contributed by atoms with Crippen molar-refractivity contribution in [1.29, 1.82) is 0 Å². The second kappa shape index (κ2) is 8.19. The maximum Gasteiger partial charge on any atom is 0.213 e. The molecule has 8 nitrogen and oxygen atoms in total. The zero-order valence-electron chi connectivity index (χ0n) is 18.2. The Morgan fingerprint density at radius 3 is 2.84 bits per heavy atom. The van der Waals surface area contributed by atoms with Crippen molar-refractivity contribution in [2.45, 2.75) is 32.6 Å². The summed E-state index contributed by atoms with van der Waals surface area (Å²) in [5.74, 6) is 2.23. The van der Waals surface area contributed by atoms with Gasteiger partial charge in [-0.25, -0.2) is 14.5 Å². The first-order chi connectivity index (χ1) is 15.1. The maximum atomic E-state index is 6.09. The lowest BCUT2D eigenvalue weighted by molar-refractivity contribution is 0.209. The number of piperidine rings is 1. The van der Waals surface area contributed by atoms with Crippen LogP contribution in [0, 0.1) is 5.92 Å². The summed E-state index contributed by atoms with van der Waals surface area (Å²) in [6.07, 6.45) is 5.81. The monoisotopic (exact) mass is 420 g/mol. The Morgan fingerprint density at radius 1 is 1.23 bits per heavy atom. The molecule has 31 heavy (non-hydrogen) atoms. The fourth-order valence-electron chi connectivity index (χ4n) is 4.37. The highest BCUT2D eigenvalue weighted by molar-refractivity contribution is 5.89. The van der Waals surface area contributed by atoms with Gasteiger partial charge in [0.1, 0.15) is 6.33 Å². The lowest BCUT2D eigenvalue weighted by atomic mass is 9.99. The van der Waals surface area contributed by atoms with Gasteiger partial charge in [-0.15, -0.1) is 0 Å². The van der Waals surface area contributed by atoms with Crippen molar-refractivity contribution in [3.05, 3.63) is 36.3 Å². The van der Waals surface area contributed by atoms with E-state index >= 15 is 0 Å². The Morgan fingerprint density at radius 2 is 2.06 bits per heavy atom. The fraction of sp³-hybridized carbons (Fsp3) is 0.435. The summed E-state index contributed by atoms with van der Waals surface area (Å²) in [7, 11) is 1.65. The minimum absolute atomic E-state index is 0.272. The van der Waals surface area contributed by atoms with Crippen LogP contribution in [0.1, 0.15) is 38.2 Å². The molecule has 0 saturated carbocycles. The van der Waals surface area contributed by atoms with Crippen LogP contribution in [0.3, 0.4) is 0 Å². The third kappa shape index (κ3) is 3.72. The second-order valence-electron chi connectivity index (χ2n) is 8.44. The number of aromatic nitrogens is 5. The summed E-state index contributed by atoms with van der Waals surface area (Å²) < 4.78 is 13.4. The first kappa shape index (κ1) is 19.8. The number of hydrogen-bond donors (Lipinski definition) is 2. The summed E-state index contributed by atoms with van der Waals surface area (Å²) in [6.45, 7) is 7.22. The molecule has 0 radical (unpaired) electrons. The normalized spacial score (nSPS) is 15.2. The first-order valence-corrected chi connectivity index (χ1v) is 10.9. The van der Waals surface area contributed by atoms with E-state index in [9.17, 15) is 0 Å². The molecular weight excluding hydrogens is 392 g/mol. The first-order valence-electron chi connectivity index (χ1n) is 10.9. The number of fused-ring (bicyclic) bond motifs is 2. The van der Waals surface area contributed by atoms with Crippen LogP contribution in [0.5, 0.6) is 11.6 Å². The van der Waals surface area contributed by atoms with Gasteiger partial charge in [-0.1, -0.05) is 13.8 Å². The van der Waals surface area contributed by atoms with E-state index in [0.717, 1.165) is 53.8 Å². The average Bonchev–Trinajstić information content (AvgIpc) is 3.42. The summed E-state index contributed by atoms with van der Waals surface area (Å²) in [6, 6.07) is 6.00. The molecule has 4 aromatic heterocycles. The number of hydrogen-bond acceptors (Lipinski definition) is 6. The van der Waals surface area contributed by atoms with Gasteiger partial charge in [0.15, 0.2) is 11.4 Å². The van der Waals surface area contributed by atoms with E-state index in [0.29, 0.717) is 29.8 Å². The average molecular weight is 421 g/mol. The number of rotatable bonds is 6. The molecule has 4 aromatic rings. The summed E-state index contributed by atoms with van der Waals surface area (Å²) in [5, 5.41) is 7.69. The van der Waals surface area contributed by atoms with Crippen molar-refractivity contribution in [3.63, 3.8) is 0 Å².